The molecule has 1 amide bonds. The van der Waals surface area contributed by atoms with Gasteiger partial charge in [-0.25, -0.2) is 4.79 Å². The van der Waals surface area contributed by atoms with Crippen LogP contribution in [-0.4, -0.2) is 43.2 Å². The van der Waals surface area contributed by atoms with Gasteiger partial charge < -0.3 is 18.8 Å². The number of amides is 1. The van der Waals surface area contributed by atoms with Crippen molar-refractivity contribution in [2.45, 2.75) is 26.1 Å². The van der Waals surface area contributed by atoms with Crippen LogP contribution in [0.25, 0.3) is 10.8 Å². The van der Waals surface area contributed by atoms with Gasteiger partial charge in [0, 0.05) is 13.1 Å². The summed E-state index contributed by atoms with van der Waals surface area (Å²) in [7, 11) is 1.55. The first-order chi connectivity index (χ1) is 11.0. The molecule has 6 heteroatoms. The number of nitrogens with zero attached hydrogens (tertiary/aromatic N) is 1. The molecule has 1 aliphatic rings. The van der Waals surface area contributed by atoms with E-state index in [0.717, 1.165) is 0 Å². The van der Waals surface area contributed by atoms with E-state index in [1.165, 1.54) is 0 Å². The van der Waals surface area contributed by atoms with Gasteiger partial charge in [0.05, 0.1) is 24.7 Å². The highest BCUT2D eigenvalue weighted by Crippen LogP contribution is 2.21. The third-order valence-corrected chi connectivity index (χ3v) is 3.89. The minimum absolute atomic E-state index is 0.0389. The smallest absolute Gasteiger partial charge is 0.344 e. The summed E-state index contributed by atoms with van der Waals surface area (Å²) in [4.78, 5) is 26.4. The molecule has 2 atom stereocenters. The summed E-state index contributed by atoms with van der Waals surface area (Å²) in [6, 6.07) is 6.62. The van der Waals surface area contributed by atoms with Crippen LogP contribution in [0.5, 0.6) is 5.75 Å². The Labute approximate surface area is 133 Å². The van der Waals surface area contributed by atoms with Gasteiger partial charge in [-0.3, -0.25) is 4.79 Å². The normalized spacial score (nSPS) is 21.4. The second kappa shape index (κ2) is 6.04. The molecule has 1 aromatic carbocycles. The molecule has 1 aromatic heterocycles. The number of hydrogen-bond donors (Lipinski definition) is 0. The van der Waals surface area contributed by atoms with Gasteiger partial charge in [-0.2, -0.15) is 0 Å². The van der Waals surface area contributed by atoms with Gasteiger partial charge in [0.2, 0.25) is 0 Å². The number of rotatable bonds is 2. The molecule has 0 bridgehead atoms. The number of carbonyl (C=O) groups is 1. The molecule has 23 heavy (non-hydrogen) atoms. The molecule has 122 valence electrons. The Morgan fingerprint density at radius 1 is 1.22 bits per heavy atom. The van der Waals surface area contributed by atoms with E-state index >= 15 is 0 Å². The zero-order chi connectivity index (χ0) is 16.6. The van der Waals surface area contributed by atoms with Crippen molar-refractivity contribution >= 4 is 16.7 Å². The van der Waals surface area contributed by atoms with Crippen molar-refractivity contribution in [1.29, 1.82) is 0 Å². The Kier molecular flexibility index (Phi) is 4.09. The minimum atomic E-state index is -0.525. The lowest BCUT2D eigenvalue weighted by atomic mass is 10.1. The molecule has 1 saturated heterocycles. The molecule has 2 aromatic rings. The third-order valence-electron chi connectivity index (χ3n) is 3.89. The SMILES string of the molecule is COc1ccc2c(=O)oc(C(=O)N3C[C@@H](C)O[C@@H](C)C3)cc2c1. The monoisotopic (exact) mass is 317 g/mol. The highest BCUT2D eigenvalue weighted by molar-refractivity contribution is 5.95. The molecule has 1 aliphatic heterocycles. The van der Waals surface area contributed by atoms with Crippen molar-refractivity contribution in [2.75, 3.05) is 20.2 Å². The molecule has 0 radical (unpaired) electrons. The van der Waals surface area contributed by atoms with Crippen LogP contribution in [-0.2, 0) is 4.74 Å². The molecular formula is C17H19NO5. The van der Waals surface area contributed by atoms with E-state index in [2.05, 4.69) is 0 Å². The van der Waals surface area contributed by atoms with Gasteiger partial charge in [0.1, 0.15) is 5.75 Å². The number of carbonyl (C=O) groups excluding carboxylic acids is 1. The number of fused-ring (bicyclic) bond motifs is 1. The molecule has 0 N–H and O–H groups in total. The van der Waals surface area contributed by atoms with Crippen molar-refractivity contribution in [3.8, 4) is 5.75 Å². The Bertz CT molecular complexity index is 787. The fourth-order valence-electron chi connectivity index (χ4n) is 2.90. The van der Waals surface area contributed by atoms with E-state index in [0.29, 0.717) is 29.6 Å². The van der Waals surface area contributed by atoms with Crippen molar-refractivity contribution in [1.82, 2.24) is 4.90 Å². The Hall–Kier alpha value is -2.34. The van der Waals surface area contributed by atoms with Gasteiger partial charge in [-0.1, -0.05) is 0 Å². The molecule has 0 saturated carbocycles. The molecule has 3 rings (SSSR count). The lowest BCUT2D eigenvalue weighted by Crippen LogP contribution is -2.48. The standard InChI is InChI=1S/C17H19NO5/c1-10-8-18(9-11(2)22-10)16(19)15-7-12-6-13(21-3)4-5-14(12)17(20)23-15/h4-7,10-11H,8-9H2,1-3H3/t10-,11+. The van der Waals surface area contributed by atoms with Crippen LogP contribution in [0.15, 0.2) is 33.5 Å². The number of benzene rings is 1. The Morgan fingerprint density at radius 2 is 1.91 bits per heavy atom. The predicted molar refractivity (Wildman–Crippen MR) is 84.9 cm³/mol. The van der Waals surface area contributed by atoms with E-state index in [9.17, 15) is 9.59 Å². The Morgan fingerprint density at radius 3 is 2.57 bits per heavy atom. The molecule has 1 fully saturated rings. The number of methoxy groups -OCH3 is 1. The topological polar surface area (TPSA) is 69.0 Å². The first-order valence-corrected chi connectivity index (χ1v) is 7.54. The van der Waals surface area contributed by atoms with E-state index in [1.807, 2.05) is 13.8 Å². The van der Waals surface area contributed by atoms with Gasteiger partial charge in [0.25, 0.3) is 5.91 Å². The molecule has 2 heterocycles. The zero-order valence-corrected chi connectivity index (χ0v) is 13.4. The van der Waals surface area contributed by atoms with Crippen LogP contribution in [0, 0.1) is 0 Å². The summed E-state index contributed by atoms with van der Waals surface area (Å²) in [6.07, 6.45) is -0.0926. The first-order valence-electron chi connectivity index (χ1n) is 7.54. The summed E-state index contributed by atoms with van der Waals surface area (Å²) >= 11 is 0. The van der Waals surface area contributed by atoms with Crippen LogP contribution < -0.4 is 10.4 Å². The van der Waals surface area contributed by atoms with Gasteiger partial charge in [-0.05, 0) is 43.5 Å². The maximum Gasteiger partial charge on any atom is 0.344 e. The summed E-state index contributed by atoms with van der Waals surface area (Å²) in [6.45, 7) is 4.78. The van der Waals surface area contributed by atoms with Crippen LogP contribution >= 0.6 is 0 Å². The second-order valence-electron chi connectivity index (χ2n) is 5.82. The number of ether oxygens (including phenoxy) is 2. The number of hydrogen-bond acceptors (Lipinski definition) is 5. The summed E-state index contributed by atoms with van der Waals surface area (Å²) < 4.78 is 16.0. The summed E-state index contributed by atoms with van der Waals surface area (Å²) in [5, 5.41) is 1.05. The average molecular weight is 317 g/mol. The van der Waals surface area contributed by atoms with Crippen molar-refractivity contribution < 1.29 is 18.7 Å². The zero-order valence-electron chi connectivity index (χ0n) is 13.4. The van der Waals surface area contributed by atoms with Crippen molar-refractivity contribution in [3.63, 3.8) is 0 Å². The van der Waals surface area contributed by atoms with Gasteiger partial charge in [0.15, 0.2) is 5.76 Å². The molecule has 0 aliphatic carbocycles. The van der Waals surface area contributed by atoms with Crippen LogP contribution in [0.1, 0.15) is 24.4 Å². The van der Waals surface area contributed by atoms with Crippen molar-refractivity contribution in [3.05, 3.63) is 40.4 Å². The fourth-order valence-corrected chi connectivity index (χ4v) is 2.90. The van der Waals surface area contributed by atoms with Crippen LogP contribution in [0.4, 0.5) is 0 Å². The summed E-state index contributed by atoms with van der Waals surface area (Å²) in [5.41, 5.74) is -0.525. The maximum atomic E-state index is 12.6. The van der Waals surface area contributed by atoms with E-state index in [-0.39, 0.29) is 23.9 Å². The van der Waals surface area contributed by atoms with Gasteiger partial charge >= 0.3 is 5.63 Å². The highest BCUT2D eigenvalue weighted by Gasteiger charge is 2.28. The predicted octanol–water partition coefficient (Wildman–Crippen LogP) is 2.05. The third kappa shape index (κ3) is 3.07. The van der Waals surface area contributed by atoms with Crippen molar-refractivity contribution in [2.24, 2.45) is 0 Å². The molecular weight excluding hydrogens is 298 g/mol. The Balaban J connectivity index is 1.98. The lowest BCUT2D eigenvalue weighted by molar-refractivity contribution is -0.0593. The van der Waals surface area contributed by atoms with E-state index in [1.54, 1.807) is 36.3 Å². The lowest BCUT2D eigenvalue weighted by Gasteiger charge is -2.34. The summed E-state index contributed by atoms with van der Waals surface area (Å²) in [5.74, 6) is 0.362. The van der Waals surface area contributed by atoms with E-state index < -0.39 is 5.63 Å². The molecule has 0 spiro atoms. The second-order valence-corrected chi connectivity index (χ2v) is 5.82. The van der Waals surface area contributed by atoms with E-state index in [4.69, 9.17) is 13.9 Å². The van der Waals surface area contributed by atoms with Crippen LogP contribution in [0.2, 0.25) is 0 Å². The minimum Gasteiger partial charge on any atom is -0.497 e. The first kappa shape index (κ1) is 15.6. The maximum absolute atomic E-state index is 12.6. The number of morpholine rings is 1. The quantitative estimate of drug-likeness (QED) is 0.848. The fraction of sp³-hybridized carbons (Fsp3) is 0.412. The molecule has 6 nitrogen and oxygen atoms in total. The van der Waals surface area contributed by atoms with Gasteiger partial charge in [-0.15, -0.1) is 0 Å². The molecule has 0 unspecified atom stereocenters. The highest BCUT2D eigenvalue weighted by atomic mass is 16.5. The average Bonchev–Trinajstić information content (AvgIpc) is 2.52. The van der Waals surface area contributed by atoms with Crippen LogP contribution in [0.3, 0.4) is 0 Å². The largest absolute Gasteiger partial charge is 0.497 e.